The zero-order valence-electron chi connectivity index (χ0n) is 11.1. The Morgan fingerprint density at radius 3 is 2.95 bits per heavy atom. The van der Waals surface area contributed by atoms with Crippen LogP contribution in [0.2, 0.25) is 0 Å². The fraction of sp³-hybridized carbons (Fsp3) is 0.267. The number of nitrogens with zero attached hydrogens (tertiary/aromatic N) is 1. The number of aryl methyl sites for hydroxylation is 1. The number of furan rings is 1. The van der Waals surface area contributed by atoms with E-state index in [1.54, 1.807) is 0 Å². The van der Waals surface area contributed by atoms with Crippen molar-refractivity contribution in [2.45, 2.75) is 26.4 Å². The smallest absolute Gasteiger partial charge is 0.134 e. The van der Waals surface area contributed by atoms with Gasteiger partial charge in [0.05, 0.1) is 6.04 Å². The Bertz CT molecular complexity index is 650. The van der Waals surface area contributed by atoms with Crippen LogP contribution < -0.4 is 5.32 Å². The Labute approximate surface area is 111 Å². The van der Waals surface area contributed by atoms with Gasteiger partial charge in [-0.1, -0.05) is 18.2 Å². The van der Waals surface area contributed by atoms with Gasteiger partial charge < -0.3 is 14.7 Å². The third-order valence-electron chi connectivity index (χ3n) is 3.23. The number of rotatable bonds is 4. The average Bonchev–Trinajstić information content (AvgIpc) is 3.01. The lowest BCUT2D eigenvalue weighted by Gasteiger charge is -2.09. The van der Waals surface area contributed by atoms with Crippen LogP contribution in [0.5, 0.6) is 0 Å². The maximum absolute atomic E-state index is 5.84. The highest BCUT2D eigenvalue weighted by Gasteiger charge is 2.11. The predicted molar refractivity (Wildman–Crippen MR) is 74.8 cm³/mol. The summed E-state index contributed by atoms with van der Waals surface area (Å²) in [7, 11) is 0. The lowest BCUT2D eigenvalue weighted by Crippen LogP contribution is -2.17. The lowest BCUT2D eigenvalue weighted by molar-refractivity contribution is 0.449. The molecule has 1 atom stereocenters. The molecule has 0 amide bonds. The predicted octanol–water partition coefficient (Wildman–Crippen LogP) is 3.32. The molecule has 0 saturated carbocycles. The van der Waals surface area contributed by atoms with E-state index in [0.29, 0.717) is 0 Å². The van der Waals surface area contributed by atoms with Gasteiger partial charge in [0.1, 0.15) is 17.2 Å². The van der Waals surface area contributed by atoms with Gasteiger partial charge in [-0.3, -0.25) is 0 Å². The number of fused-ring (bicyclic) bond motifs is 1. The quantitative estimate of drug-likeness (QED) is 0.752. The van der Waals surface area contributed by atoms with Crippen LogP contribution in [0.4, 0.5) is 0 Å². The molecule has 0 radical (unpaired) electrons. The van der Waals surface area contributed by atoms with Crippen LogP contribution in [0, 0.1) is 6.92 Å². The minimum absolute atomic E-state index is 0.163. The molecule has 3 aromatic rings. The fourth-order valence-corrected chi connectivity index (χ4v) is 2.14. The summed E-state index contributed by atoms with van der Waals surface area (Å²) < 4.78 is 5.84. The van der Waals surface area contributed by atoms with E-state index in [2.05, 4.69) is 34.3 Å². The zero-order valence-corrected chi connectivity index (χ0v) is 11.1. The van der Waals surface area contributed by atoms with Crippen LogP contribution in [0.1, 0.15) is 30.2 Å². The molecule has 4 nitrogen and oxygen atoms in total. The summed E-state index contributed by atoms with van der Waals surface area (Å²) in [6.07, 6.45) is 1.85. The van der Waals surface area contributed by atoms with E-state index in [-0.39, 0.29) is 6.04 Å². The van der Waals surface area contributed by atoms with Crippen LogP contribution in [-0.4, -0.2) is 9.97 Å². The van der Waals surface area contributed by atoms with E-state index < -0.39 is 0 Å². The number of benzene rings is 1. The van der Waals surface area contributed by atoms with E-state index in [1.165, 1.54) is 0 Å². The number of hydrogen-bond acceptors (Lipinski definition) is 3. The first-order valence-electron chi connectivity index (χ1n) is 6.45. The van der Waals surface area contributed by atoms with Crippen LogP contribution in [0.15, 0.2) is 40.9 Å². The summed E-state index contributed by atoms with van der Waals surface area (Å²) in [5, 5.41) is 4.57. The second kappa shape index (κ2) is 4.90. The van der Waals surface area contributed by atoms with E-state index in [1.807, 2.05) is 31.3 Å². The van der Waals surface area contributed by atoms with Crippen molar-refractivity contribution in [2.24, 2.45) is 0 Å². The Morgan fingerprint density at radius 1 is 1.37 bits per heavy atom. The molecule has 2 heterocycles. The van der Waals surface area contributed by atoms with Gasteiger partial charge in [-0.2, -0.15) is 0 Å². The van der Waals surface area contributed by atoms with E-state index in [4.69, 9.17) is 4.42 Å². The molecule has 0 aliphatic heterocycles. The van der Waals surface area contributed by atoms with Crippen LogP contribution in [0.25, 0.3) is 11.0 Å². The third-order valence-corrected chi connectivity index (χ3v) is 3.23. The highest BCUT2D eigenvalue weighted by Crippen LogP contribution is 2.23. The molecule has 1 aromatic carbocycles. The molecule has 19 heavy (non-hydrogen) atoms. The molecule has 0 bridgehead atoms. The first-order chi connectivity index (χ1) is 9.22. The molecule has 0 aliphatic rings. The molecule has 0 fully saturated rings. The average molecular weight is 255 g/mol. The maximum Gasteiger partial charge on any atom is 0.134 e. The number of para-hydroxylation sites is 1. The minimum atomic E-state index is 0.163. The number of H-pyrrole nitrogens is 1. The molecule has 4 heteroatoms. The SMILES string of the molecule is Cc1ncc(CNC(C)c2cc3ccccc3o2)[nH]1. The van der Waals surface area contributed by atoms with Gasteiger partial charge in [-0.25, -0.2) is 4.98 Å². The van der Waals surface area contributed by atoms with Gasteiger partial charge >= 0.3 is 0 Å². The largest absolute Gasteiger partial charge is 0.459 e. The zero-order chi connectivity index (χ0) is 13.2. The molecular weight excluding hydrogens is 238 g/mol. The number of nitrogens with one attached hydrogen (secondary N) is 2. The lowest BCUT2D eigenvalue weighted by atomic mass is 10.2. The highest BCUT2D eigenvalue weighted by atomic mass is 16.3. The molecule has 2 N–H and O–H groups in total. The Hall–Kier alpha value is -2.07. The summed E-state index contributed by atoms with van der Waals surface area (Å²) >= 11 is 0. The van der Waals surface area contributed by atoms with E-state index in [9.17, 15) is 0 Å². The molecule has 98 valence electrons. The van der Waals surface area contributed by atoms with Crippen molar-refractivity contribution in [2.75, 3.05) is 0 Å². The Kier molecular flexibility index (Phi) is 3.09. The first kappa shape index (κ1) is 12.0. The third kappa shape index (κ3) is 2.53. The van der Waals surface area contributed by atoms with E-state index in [0.717, 1.165) is 34.8 Å². The van der Waals surface area contributed by atoms with Gasteiger partial charge in [-0.05, 0) is 26.0 Å². The maximum atomic E-state index is 5.84. The summed E-state index contributed by atoms with van der Waals surface area (Å²) in [4.78, 5) is 7.39. The van der Waals surface area contributed by atoms with Crippen molar-refractivity contribution in [1.29, 1.82) is 0 Å². The summed E-state index contributed by atoms with van der Waals surface area (Å²) in [5.41, 5.74) is 2.02. The number of hydrogen-bond donors (Lipinski definition) is 2. The van der Waals surface area contributed by atoms with Crippen LogP contribution >= 0.6 is 0 Å². The van der Waals surface area contributed by atoms with Crippen molar-refractivity contribution < 1.29 is 4.42 Å². The Balaban J connectivity index is 1.71. The molecular formula is C15H17N3O. The highest BCUT2D eigenvalue weighted by molar-refractivity contribution is 5.77. The first-order valence-corrected chi connectivity index (χ1v) is 6.45. The molecule has 0 saturated heterocycles. The normalized spacial score (nSPS) is 12.9. The van der Waals surface area contributed by atoms with Crippen molar-refractivity contribution >= 4 is 11.0 Å². The van der Waals surface area contributed by atoms with Crippen molar-refractivity contribution in [1.82, 2.24) is 15.3 Å². The van der Waals surface area contributed by atoms with Crippen LogP contribution in [0.3, 0.4) is 0 Å². The Morgan fingerprint density at radius 2 is 2.21 bits per heavy atom. The van der Waals surface area contributed by atoms with Gasteiger partial charge in [0.2, 0.25) is 0 Å². The standard InChI is InChI=1S/C15H17N3O/c1-10(16-8-13-9-17-11(2)18-13)15-7-12-5-3-4-6-14(12)19-15/h3-7,9-10,16H,8H2,1-2H3,(H,17,18). The van der Waals surface area contributed by atoms with Gasteiger partial charge in [0.15, 0.2) is 0 Å². The molecule has 3 rings (SSSR count). The van der Waals surface area contributed by atoms with Gasteiger partial charge in [0, 0.05) is 23.8 Å². The summed E-state index contributed by atoms with van der Waals surface area (Å²) in [6.45, 7) is 4.80. The second-order valence-electron chi connectivity index (χ2n) is 4.78. The van der Waals surface area contributed by atoms with Crippen molar-refractivity contribution in [3.05, 3.63) is 53.8 Å². The molecule has 0 aliphatic carbocycles. The van der Waals surface area contributed by atoms with Crippen molar-refractivity contribution in [3.8, 4) is 0 Å². The monoisotopic (exact) mass is 255 g/mol. The van der Waals surface area contributed by atoms with Gasteiger partial charge in [-0.15, -0.1) is 0 Å². The van der Waals surface area contributed by atoms with E-state index >= 15 is 0 Å². The molecule has 0 spiro atoms. The second-order valence-corrected chi connectivity index (χ2v) is 4.78. The van der Waals surface area contributed by atoms with Gasteiger partial charge in [0.25, 0.3) is 0 Å². The number of aromatic nitrogens is 2. The minimum Gasteiger partial charge on any atom is -0.459 e. The summed E-state index contributed by atoms with van der Waals surface area (Å²) in [5.74, 6) is 1.89. The number of imidazole rings is 1. The topological polar surface area (TPSA) is 53.9 Å². The fourth-order valence-electron chi connectivity index (χ4n) is 2.14. The molecule has 2 aromatic heterocycles. The molecule has 1 unspecified atom stereocenters. The van der Waals surface area contributed by atoms with Crippen molar-refractivity contribution in [3.63, 3.8) is 0 Å². The summed E-state index contributed by atoms with van der Waals surface area (Å²) in [6, 6.07) is 10.3. The number of aromatic amines is 1. The van der Waals surface area contributed by atoms with Crippen LogP contribution in [-0.2, 0) is 6.54 Å².